The van der Waals surface area contributed by atoms with E-state index in [1.807, 2.05) is 0 Å². The van der Waals surface area contributed by atoms with Crippen LogP contribution in [0.25, 0.3) is 0 Å². The highest BCUT2D eigenvalue weighted by Gasteiger charge is 2.31. The van der Waals surface area contributed by atoms with Crippen LogP contribution in [-0.4, -0.2) is 16.1 Å². The number of nitrogens with one attached hydrogen (secondary N) is 1. The molecule has 1 aromatic heterocycles. The van der Waals surface area contributed by atoms with Crippen molar-refractivity contribution in [2.24, 2.45) is 0 Å². The Balaban J connectivity index is 2.32. The van der Waals surface area contributed by atoms with Crippen molar-refractivity contribution < 1.29 is 27.5 Å². The summed E-state index contributed by atoms with van der Waals surface area (Å²) in [5, 5.41) is 20.0. The van der Waals surface area contributed by atoms with Gasteiger partial charge in [0.2, 0.25) is 0 Å². The molecule has 0 aliphatic carbocycles. The molecule has 0 spiro atoms. The molecule has 0 amide bonds. The molecule has 108 valence electrons. The first-order chi connectivity index (χ1) is 9.81. The topological polar surface area (TPSA) is 99.2 Å². The molecule has 0 aliphatic heterocycles. The van der Waals surface area contributed by atoms with Crippen molar-refractivity contribution in [1.82, 2.24) is 4.98 Å². The molecule has 1 heterocycles. The Kier molecular flexibility index (Phi) is 3.54. The standard InChI is InChI=1S/C12H6F3N3O3/c13-12(14,15)7-1-2-8(6(3-7)4-16)17-11-18-9(5-21-11)10(19)20/h1-3,5H,(H,17,18)(H,19,20). The summed E-state index contributed by atoms with van der Waals surface area (Å²) in [6, 6.07) is 3.85. The van der Waals surface area contributed by atoms with E-state index in [1.54, 1.807) is 6.07 Å². The summed E-state index contributed by atoms with van der Waals surface area (Å²) in [5.74, 6) is -1.32. The smallest absolute Gasteiger partial charge is 0.416 e. The minimum Gasteiger partial charge on any atom is -0.476 e. The zero-order chi connectivity index (χ0) is 15.6. The van der Waals surface area contributed by atoms with Crippen molar-refractivity contribution in [1.29, 1.82) is 5.26 Å². The van der Waals surface area contributed by atoms with Gasteiger partial charge >= 0.3 is 12.1 Å². The highest BCUT2D eigenvalue weighted by Crippen LogP contribution is 2.32. The lowest BCUT2D eigenvalue weighted by Gasteiger charge is -2.09. The van der Waals surface area contributed by atoms with Crippen LogP contribution in [-0.2, 0) is 6.18 Å². The summed E-state index contributed by atoms with van der Waals surface area (Å²) in [6.45, 7) is 0. The second kappa shape index (κ2) is 5.16. The van der Waals surface area contributed by atoms with E-state index in [9.17, 15) is 18.0 Å². The molecule has 0 bridgehead atoms. The molecule has 0 saturated heterocycles. The van der Waals surface area contributed by atoms with Gasteiger partial charge in [-0.3, -0.25) is 0 Å². The van der Waals surface area contributed by atoms with Crippen LogP contribution in [0.3, 0.4) is 0 Å². The number of carbonyl (C=O) groups is 1. The minimum atomic E-state index is -4.57. The number of hydrogen-bond donors (Lipinski definition) is 2. The SMILES string of the molecule is N#Cc1cc(C(F)(F)F)ccc1Nc1nc(C(=O)O)co1. The molecule has 6 nitrogen and oxygen atoms in total. The zero-order valence-electron chi connectivity index (χ0n) is 10.1. The molecule has 0 fully saturated rings. The van der Waals surface area contributed by atoms with Crippen molar-refractivity contribution in [2.45, 2.75) is 6.18 Å². The summed E-state index contributed by atoms with van der Waals surface area (Å²) in [5.41, 5.74) is -1.60. The van der Waals surface area contributed by atoms with Crippen molar-refractivity contribution in [3.05, 3.63) is 41.3 Å². The maximum Gasteiger partial charge on any atom is 0.416 e. The second-order valence-corrected chi connectivity index (χ2v) is 3.84. The van der Waals surface area contributed by atoms with Crippen LogP contribution >= 0.6 is 0 Å². The molecule has 2 rings (SSSR count). The number of alkyl halides is 3. The number of nitriles is 1. The zero-order valence-corrected chi connectivity index (χ0v) is 10.1. The van der Waals surface area contributed by atoms with E-state index in [4.69, 9.17) is 14.8 Å². The molecule has 1 aromatic carbocycles. The van der Waals surface area contributed by atoms with Crippen molar-refractivity contribution in [2.75, 3.05) is 5.32 Å². The first-order valence-corrected chi connectivity index (χ1v) is 5.38. The highest BCUT2D eigenvalue weighted by molar-refractivity contribution is 5.85. The first-order valence-electron chi connectivity index (χ1n) is 5.38. The van der Waals surface area contributed by atoms with E-state index >= 15 is 0 Å². The van der Waals surface area contributed by atoms with Gasteiger partial charge < -0.3 is 14.8 Å². The van der Waals surface area contributed by atoms with Gasteiger partial charge in [-0.05, 0) is 18.2 Å². The van der Waals surface area contributed by atoms with Crippen molar-refractivity contribution in [3.8, 4) is 6.07 Å². The maximum atomic E-state index is 12.5. The fraction of sp³-hybridized carbons (Fsp3) is 0.0833. The average molecular weight is 297 g/mol. The van der Waals surface area contributed by atoms with Gasteiger partial charge in [0.15, 0.2) is 5.69 Å². The predicted octanol–water partition coefficient (Wildman–Crippen LogP) is 3.01. The molecule has 9 heteroatoms. The van der Waals surface area contributed by atoms with Crippen molar-refractivity contribution in [3.63, 3.8) is 0 Å². The fourth-order valence-electron chi connectivity index (χ4n) is 1.47. The maximum absolute atomic E-state index is 12.5. The number of benzene rings is 1. The Morgan fingerprint density at radius 3 is 2.67 bits per heavy atom. The molecule has 0 aliphatic rings. The van der Waals surface area contributed by atoms with Crippen LogP contribution in [0.15, 0.2) is 28.9 Å². The summed E-state index contributed by atoms with van der Waals surface area (Å²) in [7, 11) is 0. The first kappa shape index (κ1) is 14.4. The average Bonchev–Trinajstić information content (AvgIpc) is 2.86. The van der Waals surface area contributed by atoms with Gasteiger partial charge in [-0.25, -0.2) is 4.79 Å². The molecule has 2 N–H and O–H groups in total. The Labute approximate surface area is 115 Å². The normalized spacial score (nSPS) is 11.0. The number of nitrogens with zero attached hydrogens (tertiary/aromatic N) is 2. The second-order valence-electron chi connectivity index (χ2n) is 3.84. The number of aromatic carboxylic acids is 1. The summed E-state index contributed by atoms with van der Waals surface area (Å²) < 4.78 is 42.4. The molecule has 0 atom stereocenters. The van der Waals surface area contributed by atoms with Gasteiger partial charge in [-0.15, -0.1) is 0 Å². The van der Waals surface area contributed by atoms with Crippen LogP contribution < -0.4 is 5.32 Å². The lowest BCUT2D eigenvalue weighted by Crippen LogP contribution is -2.06. The molecule has 0 unspecified atom stereocenters. The van der Waals surface area contributed by atoms with Crippen LogP contribution in [0.2, 0.25) is 0 Å². The number of aromatic nitrogens is 1. The number of hydrogen-bond acceptors (Lipinski definition) is 5. The molecule has 0 saturated carbocycles. The molecular weight excluding hydrogens is 291 g/mol. The van der Waals surface area contributed by atoms with Gasteiger partial charge in [0.1, 0.15) is 12.3 Å². The lowest BCUT2D eigenvalue weighted by atomic mass is 10.1. The van der Waals surface area contributed by atoms with E-state index in [2.05, 4.69) is 10.3 Å². The van der Waals surface area contributed by atoms with Gasteiger partial charge in [0, 0.05) is 0 Å². The predicted molar refractivity (Wildman–Crippen MR) is 62.9 cm³/mol. The number of anilines is 2. The van der Waals surface area contributed by atoms with Crippen LogP contribution in [0.4, 0.5) is 24.9 Å². The lowest BCUT2D eigenvalue weighted by molar-refractivity contribution is -0.137. The minimum absolute atomic E-state index is 0.0179. The third-order valence-corrected chi connectivity index (χ3v) is 2.43. The number of carboxylic acids is 1. The molecular formula is C12H6F3N3O3. The number of carboxylic acid groups (broad SMARTS) is 1. The van der Waals surface area contributed by atoms with E-state index in [0.717, 1.165) is 18.4 Å². The largest absolute Gasteiger partial charge is 0.476 e. The molecule has 21 heavy (non-hydrogen) atoms. The number of oxazole rings is 1. The van der Waals surface area contributed by atoms with Crippen LogP contribution in [0.5, 0.6) is 0 Å². The Morgan fingerprint density at radius 1 is 1.43 bits per heavy atom. The van der Waals surface area contributed by atoms with Gasteiger partial charge in [0.05, 0.1) is 16.8 Å². The quantitative estimate of drug-likeness (QED) is 0.903. The summed E-state index contributed by atoms with van der Waals surface area (Å²) in [6.07, 6.45) is -3.70. The van der Waals surface area contributed by atoms with Gasteiger partial charge in [-0.1, -0.05) is 0 Å². The Hall–Kier alpha value is -3.02. The van der Waals surface area contributed by atoms with Crippen molar-refractivity contribution >= 4 is 17.7 Å². The summed E-state index contributed by atoms with van der Waals surface area (Å²) in [4.78, 5) is 14.2. The molecule has 2 aromatic rings. The monoisotopic (exact) mass is 297 g/mol. The Bertz CT molecular complexity index is 731. The van der Waals surface area contributed by atoms with E-state index in [1.165, 1.54) is 0 Å². The van der Waals surface area contributed by atoms with E-state index in [0.29, 0.717) is 6.07 Å². The van der Waals surface area contributed by atoms with Crippen LogP contribution in [0, 0.1) is 11.3 Å². The molecule has 0 radical (unpaired) electrons. The fourth-order valence-corrected chi connectivity index (χ4v) is 1.47. The third-order valence-electron chi connectivity index (χ3n) is 2.43. The third kappa shape index (κ3) is 3.11. The number of rotatable bonds is 3. The Morgan fingerprint density at radius 2 is 2.14 bits per heavy atom. The van der Waals surface area contributed by atoms with E-state index < -0.39 is 17.7 Å². The highest BCUT2D eigenvalue weighted by atomic mass is 19.4. The number of halogens is 3. The summed E-state index contributed by atoms with van der Waals surface area (Å²) >= 11 is 0. The van der Waals surface area contributed by atoms with Gasteiger partial charge in [-0.2, -0.15) is 23.4 Å². The van der Waals surface area contributed by atoms with Gasteiger partial charge in [0.25, 0.3) is 6.01 Å². The van der Waals surface area contributed by atoms with Crippen LogP contribution in [0.1, 0.15) is 21.6 Å². The van der Waals surface area contributed by atoms with E-state index in [-0.39, 0.29) is 23.0 Å².